The number of carbonyl (C=O) groups is 2. The van der Waals surface area contributed by atoms with Crippen molar-refractivity contribution in [2.75, 3.05) is 13.7 Å². The van der Waals surface area contributed by atoms with Gasteiger partial charge in [0.1, 0.15) is 5.75 Å². The molecule has 148 valence electrons. The molecule has 2 aromatic rings. The lowest BCUT2D eigenvalue weighted by Crippen LogP contribution is -2.38. The summed E-state index contributed by atoms with van der Waals surface area (Å²) in [4.78, 5) is 24.8. The second-order valence-electron chi connectivity index (χ2n) is 6.84. The van der Waals surface area contributed by atoms with Crippen molar-refractivity contribution in [1.82, 2.24) is 5.32 Å². The minimum atomic E-state index is -0.565. The number of methoxy groups -OCH3 is 1. The highest BCUT2D eigenvalue weighted by Gasteiger charge is 2.17. The minimum absolute atomic E-state index is 0.00363. The fourth-order valence-corrected chi connectivity index (χ4v) is 2.49. The quantitative estimate of drug-likeness (QED) is 0.427. The van der Waals surface area contributed by atoms with E-state index in [0.29, 0.717) is 22.8 Å². The van der Waals surface area contributed by atoms with E-state index in [4.69, 9.17) is 9.47 Å². The largest absolute Gasteiger partial charge is 0.496 e. The van der Waals surface area contributed by atoms with Crippen LogP contribution >= 0.6 is 0 Å². The van der Waals surface area contributed by atoms with Crippen LogP contribution in [0, 0.1) is 5.92 Å². The number of hydrogen-bond donors (Lipinski definition) is 1. The summed E-state index contributed by atoms with van der Waals surface area (Å²) in [7, 11) is 1.58. The highest BCUT2D eigenvalue weighted by molar-refractivity contribution is 6.22. The van der Waals surface area contributed by atoms with E-state index in [1.54, 1.807) is 13.2 Å². The first-order chi connectivity index (χ1) is 13.4. The molecule has 0 radical (unpaired) electrons. The maximum absolute atomic E-state index is 12.8. The van der Waals surface area contributed by atoms with Crippen LogP contribution in [0.25, 0.3) is 11.6 Å². The van der Waals surface area contributed by atoms with Crippen molar-refractivity contribution in [3.63, 3.8) is 0 Å². The first kappa shape index (κ1) is 21.2. The molecule has 28 heavy (non-hydrogen) atoms. The van der Waals surface area contributed by atoms with Crippen LogP contribution in [0.1, 0.15) is 31.9 Å². The van der Waals surface area contributed by atoms with Gasteiger partial charge in [-0.1, -0.05) is 62.4 Å². The third-order valence-electron chi connectivity index (χ3n) is 4.47. The van der Waals surface area contributed by atoms with Gasteiger partial charge in [-0.05, 0) is 30.5 Å². The molecule has 1 atom stereocenters. The number of esters is 1. The van der Waals surface area contributed by atoms with Gasteiger partial charge >= 0.3 is 5.97 Å². The van der Waals surface area contributed by atoms with Gasteiger partial charge in [0, 0.05) is 11.6 Å². The normalized spacial score (nSPS) is 12.4. The third kappa shape index (κ3) is 5.98. The van der Waals surface area contributed by atoms with Gasteiger partial charge in [-0.2, -0.15) is 0 Å². The molecule has 0 heterocycles. The summed E-state index contributed by atoms with van der Waals surface area (Å²) < 4.78 is 10.7. The number of amides is 1. The predicted molar refractivity (Wildman–Crippen MR) is 111 cm³/mol. The Hall–Kier alpha value is -3.08. The van der Waals surface area contributed by atoms with Crippen LogP contribution < -0.4 is 10.1 Å². The summed E-state index contributed by atoms with van der Waals surface area (Å²) in [6.07, 6.45) is 1.71. The van der Waals surface area contributed by atoms with Gasteiger partial charge in [-0.15, -0.1) is 0 Å². The van der Waals surface area contributed by atoms with E-state index in [-0.39, 0.29) is 18.6 Å². The SMILES string of the molecule is COc1ccccc1/C=C(/C(=O)OCC(=O)N[C@@H](C)C(C)C)c1ccccc1. The van der Waals surface area contributed by atoms with E-state index < -0.39 is 5.97 Å². The Bertz CT molecular complexity index is 828. The Morgan fingerprint density at radius 2 is 1.64 bits per heavy atom. The van der Waals surface area contributed by atoms with E-state index >= 15 is 0 Å². The second-order valence-corrected chi connectivity index (χ2v) is 6.84. The molecular weight excluding hydrogens is 354 g/mol. The zero-order valence-corrected chi connectivity index (χ0v) is 16.8. The fourth-order valence-electron chi connectivity index (χ4n) is 2.49. The minimum Gasteiger partial charge on any atom is -0.496 e. The van der Waals surface area contributed by atoms with Crippen molar-refractivity contribution in [2.24, 2.45) is 5.92 Å². The number of benzene rings is 2. The second kappa shape index (κ2) is 10.3. The van der Waals surface area contributed by atoms with Crippen LogP contribution in [-0.4, -0.2) is 31.6 Å². The molecule has 0 aliphatic carbocycles. The van der Waals surface area contributed by atoms with Crippen LogP contribution in [0.15, 0.2) is 54.6 Å². The first-order valence-corrected chi connectivity index (χ1v) is 9.29. The molecule has 2 aromatic carbocycles. The number of rotatable bonds is 8. The van der Waals surface area contributed by atoms with Crippen molar-refractivity contribution in [3.8, 4) is 5.75 Å². The molecule has 0 aliphatic heterocycles. The standard InChI is InChI=1S/C23H27NO4/c1-16(2)17(3)24-22(25)15-28-23(26)20(18-10-6-5-7-11-18)14-19-12-8-9-13-21(19)27-4/h5-14,16-17H,15H2,1-4H3,(H,24,25)/b20-14+/t17-/m0/s1. The van der Waals surface area contributed by atoms with Gasteiger partial charge in [-0.25, -0.2) is 4.79 Å². The molecule has 2 rings (SSSR count). The Morgan fingerprint density at radius 1 is 1.00 bits per heavy atom. The van der Waals surface area contributed by atoms with Crippen LogP contribution in [0.2, 0.25) is 0 Å². The van der Waals surface area contributed by atoms with Gasteiger partial charge in [0.05, 0.1) is 12.7 Å². The van der Waals surface area contributed by atoms with Crippen molar-refractivity contribution in [3.05, 3.63) is 65.7 Å². The summed E-state index contributed by atoms with van der Waals surface area (Å²) in [5, 5.41) is 2.83. The molecular formula is C23H27NO4. The van der Waals surface area contributed by atoms with Gasteiger partial charge in [-0.3, -0.25) is 4.79 Å². The lowest BCUT2D eigenvalue weighted by Gasteiger charge is -2.17. The van der Waals surface area contributed by atoms with Crippen LogP contribution in [0.5, 0.6) is 5.75 Å². The molecule has 0 saturated heterocycles. The zero-order valence-electron chi connectivity index (χ0n) is 16.8. The number of carbonyl (C=O) groups excluding carboxylic acids is 2. The highest BCUT2D eigenvalue weighted by atomic mass is 16.5. The Balaban J connectivity index is 2.22. The molecule has 1 N–H and O–H groups in total. The summed E-state index contributed by atoms with van der Waals surface area (Å²) >= 11 is 0. The summed E-state index contributed by atoms with van der Waals surface area (Å²) in [5.41, 5.74) is 1.81. The zero-order chi connectivity index (χ0) is 20.5. The van der Waals surface area contributed by atoms with E-state index in [1.165, 1.54) is 0 Å². The molecule has 0 bridgehead atoms. The molecule has 0 saturated carbocycles. The Morgan fingerprint density at radius 3 is 2.29 bits per heavy atom. The highest BCUT2D eigenvalue weighted by Crippen LogP contribution is 2.25. The molecule has 0 spiro atoms. The fraction of sp³-hybridized carbons (Fsp3) is 0.304. The number of hydrogen-bond acceptors (Lipinski definition) is 4. The average Bonchev–Trinajstić information content (AvgIpc) is 2.71. The van der Waals surface area contributed by atoms with Crippen molar-refractivity contribution < 1.29 is 19.1 Å². The monoisotopic (exact) mass is 381 g/mol. The maximum Gasteiger partial charge on any atom is 0.339 e. The molecule has 0 fully saturated rings. The predicted octanol–water partition coefficient (Wildman–Crippen LogP) is 3.94. The first-order valence-electron chi connectivity index (χ1n) is 9.29. The van der Waals surface area contributed by atoms with Gasteiger partial charge in [0.2, 0.25) is 0 Å². The summed E-state index contributed by atoms with van der Waals surface area (Å²) in [6, 6.07) is 16.6. The maximum atomic E-state index is 12.8. The number of nitrogens with one attached hydrogen (secondary N) is 1. The lowest BCUT2D eigenvalue weighted by molar-refractivity contribution is -0.143. The van der Waals surface area contributed by atoms with Crippen LogP contribution in [0.3, 0.4) is 0 Å². The Labute approximate surface area is 166 Å². The molecule has 0 aliphatic rings. The van der Waals surface area contributed by atoms with E-state index in [2.05, 4.69) is 5.32 Å². The number of para-hydroxylation sites is 1. The van der Waals surface area contributed by atoms with Crippen molar-refractivity contribution >= 4 is 23.5 Å². The molecule has 1 amide bonds. The Kier molecular flexibility index (Phi) is 7.81. The van der Waals surface area contributed by atoms with E-state index in [9.17, 15) is 9.59 Å². The van der Waals surface area contributed by atoms with Gasteiger partial charge < -0.3 is 14.8 Å². The summed E-state index contributed by atoms with van der Waals surface area (Å²) in [5.74, 6) is 0.0564. The van der Waals surface area contributed by atoms with Gasteiger partial charge in [0.15, 0.2) is 6.61 Å². The average molecular weight is 381 g/mol. The van der Waals surface area contributed by atoms with E-state index in [1.807, 2.05) is 75.4 Å². The lowest BCUT2D eigenvalue weighted by atomic mass is 10.0. The van der Waals surface area contributed by atoms with Crippen molar-refractivity contribution in [2.45, 2.75) is 26.8 Å². The molecule has 0 unspecified atom stereocenters. The van der Waals surface area contributed by atoms with E-state index in [0.717, 1.165) is 5.56 Å². The van der Waals surface area contributed by atoms with Crippen molar-refractivity contribution in [1.29, 1.82) is 0 Å². The van der Waals surface area contributed by atoms with Crippen LogP contribution in [0.4, 0.5) is 0 Å². The topological polar surface area (TPSA) is 64.6 Å². The molecule has 5 heteroatoms. The van der Waals surface area contributed by atoms with Crippen LogP contribution in [-0.2, 0) is 14.3 Å². The molecule has 5 nitrogen and oxygen atoms in total. The summed E-state index contributed by atoms with van der Waals surface area (Å²) in [6.45, 7) is 5.62. The number of ether oxygens (including phenoxy) is 2. The smallest absolute Gasteiger partial charge is 0.339 e. The third-order valence-corrected chi connectivity index (χ3v) is 4.47. The molecule has 0 aromatic heterocycles. The van der Waals surface area contributed by atoms with Gasteiger partial charge in [0.25, 0.3) is 5.91 Å².